The number of aliphatic carboxylic acids is 1. The summed E-state index contributed by atoms with van der Waals surface area (Å²) in [4.78, 5) is 24.3. The van der Waals surface area contributed by atoms with E-state index in [1.807, 2.05) is 0 Å². The molecular formula is C16H20N2O6S. The van der Waals surface area contributed by atoms with Crippen molar-refractivity contribution in [2.75, 3.05) is 20.7 Å². The van der Waals surface area contributed by atoms with Crippen molar-refractivity contribution in [3.05, 3.63) is 29.8 Å². The highest BCUT2D eigenvalue weighted by molar-refractivity contribution is 7.89. The van der Waals surface area contributed by atoms with E-state index < -0.39 is 21.9 Å². The molecule has 9 heteroatoms. The minimum Gasteiger partial charge on any atom is -0.495 e. The second-order valence-corrected chi connectivity index (χ2v) is 7.40. The molecule has 1 aromatic rings. The number of ether oxygens (including phenoxy) is 1. The van der Waals surface area contributed by atoms with E-state index in [0.717, 1.165) is 12.8 Å². The first-order valence-corrected chi connectivity index (χ1v) is 9.09. The normalized spacial score (nSPS) is 14.5. The van der Waals surface area contributed by atoms with Crippen molar-refractivity contribution in [2.45, 2.75) is 23.8 Å². The Balaban J connectivity index is 2.24. The molecule has 0 atom stereocenters. The molecule has 0 aromatic heterocycles. The molecule has 0 aliphatic heterocycles. The van der Waals surface area contributed by atoms with E-state index >= 15 is 0 Å². The number of amides is 1. The van der Waals surface area contributed by atoms with Crippen LogP contribution in [0, 0.1) is 0 Å². The van der Waals surface area contributed by atoms with E-state index in [1.165, 1.54) is 43.3 Å². The summed E-state index contributed by atoms with van der Waals surface area (Å²) in [6.45, 7) is -0.351. The maximum absolute atomic E-state index is 12.2. The molecule has 2 N–H and O–H groups in total. The van der Waals surface area contributed by atoms with Crippen molar-refractivity contribution in [1.29, 1.82) is 0 Å². The molecule has 8 nitrogen and oxygen atoms in total. The Labute approximate surface area is 146 Å². The molecule has 25 heavy (non-hydrogen) atoms. The Kier molecular flexibility index (Phi) is 5.81. The molecule has 1 amide bonds. The average molecular weight is 368 g/mol. The predicted octanol–water partition coefficient (Wildman–Crippen LogP) is 0.692. The summed E-state index contributed by atoms with van der Waals surface area (Å²) in [6.07, 6.45) is 4.28. The molecule has 1 saturated carbocycles. The molecule has 2 rings (SSSR count). The van der Waals surface area contributed by atoms with Crippen LogP contribution in [0.2, 0.25) is 0 Å². The molecule has 1 aliphatic carbocycles. The Bertz CT molecular complexity index is 799. The zero-order valence-electron chi connectivity index (χ0n) is 13.9. The maximum Gasteiger partial charge on any atom is 0.323 e. The van der Waals surface area contributed by atoms with Crippen LogP contribution >= 0.6 is 0 Å². The van der Waals surface area contributed by atoms with Crippen molar-refractivity contribution in [1.82, 2.24) is 9.62 Å². The van der Waals surface area contributed by atoms with Gasteiger partial charge in [0.2, 0.25) is 15.9 Å². The number of methoxy groups -OCH3 is 1. The van der Waals surface area contributed by atoms with Gasteiger partial charge >= 0.3 is 5.97 Å². The minimum absolute atomic E-state index is 0.0376. The SMILES string of the molecule is CNS(=O)(=O)c1cc(C=CC(=O)N(CC(=O)O)C2CC2)ccc1OC. The molecule has 0 heterocycles. The lowest BCUT2D eigenvalue weighted by Crippen LogP contribution is -2.36. The Morgan fingerprint density at radius 1 is 1.40 bits per heavy atom. The van der Waals surface area contributed by atoms with E-state index in [4.69, 9.17) is 9.84 Å². The molecule has 0 bridgehead atoms. The standard InChI is InChI=1S/C16H20N2O6S/c1-17-25(22,23)14-9-11(3-7-13(14)24-2)4-8-15(19)18(10-16(20)21)12-5-6-12/h3-4,7-9,12,17H,5-6,10H2,1-2H3,(H,20,21). The van der Waals surface area contributed by atoms with Crippen LogP contribution < -0.4 is 9.46 Å². The maximum atomic E-state index is 12.2. The fraction of sp³-hybridized carbons (Fsp3) is 0.375. The van der Waals surface area contributed by atoms with Crippen LogP contribution in [0.4, 0.5) is 0 Å². The third-order valence-electron chi connectivity index (χ3n) is 3.74. The van der Waals surface area contributed by atoms with Crippen molar-refractivity contribution in [3.8, 4) is 5.75 Å². The zero-order chi connectivity index (χ0) is 18.6. The smallest absolute Gasteiger partial charge is 0.323 e. The summed E-state index contributed by atoms with van der Waals surface area (Å²) in [5, 5.41) is 8.90. The summed E-state index contributed by atoms with van der Waals surface area (Å²) in [7, 11) is -1.06. The van der Waals surface area contributed by atoms with Crippen LogP contribution in [0.1, 0.15) is 18.4 Å². The summed E-state index contributed by atoms with van der Waals surface area (Å²) in [5.74, 6) is -1.30. The van der Waals surface area contributed by atoms with Crippen molar-refractivity contribution in [2.24, 2.45) is 0 Å². The highest BCUT2D eigenvalue weighted by atomic mass is 32.2. The number of hydrogen-bond acceptors (Lipinski definition) is 5. The number of hydrogen-bond donors (Lipinski definition) is 2. The van der Waals surface area contributed by atoms with E-state index in [9.17, 15) is 18.0 Å². The molecule has 0 spiro atoms. The van der Waals surface area contributed by atoms with E-state index in [2.05, 4.69) is 4.72 Å². The topological polar surface area (TPSA) is 113 Å². The number of rotatable bonds is 8. The van der Waals surface area contributed by atoms with Crippen molar-refractivity contribution in [3.63, 3.8) is 0 Å². The van der Waals surface area contributed by atoms with Crippen LogP contribution in [0.5, 0.6) is 5.75 Å². The molecule has 1 aliphatic rings. The second-order valence-electron chi connectivity index (χ2n) is 5.54. The fourth-order valence-electron chi connectivity index (χ4n) is 2.30. The van der Waals surface area contributed by atoms with Gasteiger partial charge in [-0.05, 0) is 43.7 Å². The van der Waals surface area contributed by atoms with Crippen LogP contribution in [-0.4, -0.2) is 57.0 Å². The highest BCUT2D eigenvalue weighted by Gasteiger charge is 2.32. The third kappa shape index (κ3) is 4.80. The first-order chi connectivity index (χ1) is 11.8. The van der Waals surface area contributed by atoms with Gasteiger partial charge in [0, 0.05) is 12.1 Å². The molecule has 136 valence electrons. The number of sulfonamides is 1. The molecule has 0 unspecified atom stereocenters. The van der Waals surface area contributed by atoms with Gasteiger partial charge in [0.25, 0.3) is 0 Å². The van der Waals surface area contributed by atoms with Crippen LogP contribution in [-0.2, 0) is 19.6 Å². The van der Waals surface area contributed by atoms with Gasteiger partial charge in [-0.15, -0.1) is 0 Å². The van der Waals surface area contributed by atoms with E-state index in [-0.39, 0.29) is 23.2 Å². The monoisotopic (exact) mass is 368 g/mol. The van der Waals surface area contributed by atoms with Gasteiger partial charge in [-0.3, -0.25) is 9.59 Å². The number of carbonyl (C=O) groups excluding carboxylic acids is 1. The Hall–Kier alpha value is -2.39. The third-order valence-corrected chi connectivity index (χ3v) is 5.18. The number of nitrogens with zero attached hydrogens (tertiary/aromatic N) is 1. The van der Waals surface area contributed by atoms with Crippen LogP contribution in [0.25, 0.3) is 6.08 Å². The second kappa shape index (κ2) is 7.66. The number of nitrogens with one attached hydrogen (secondary N) is 1. The van der Waals surface area contributed by atoms with Crippen molar-refractivity contribution < 1.29 is 27.9 Å². The molecule has 0 saturated heterocycles. The first kappa shape index (κ1) is 18.9. The quantitative estimate of drug-likeness (QED) is 0.653. The number of benzene rings is 1. The van der Waals surface area contributed by atoms with Crippen molar-refractivity contribution >= 4 is 28.0 Å². The first-order valence-electron chi connectivity index (χ1n) is 7.60. The minimum atomic E-state index is -3.72. The molecular weight excluding hydrogens is 348 g/mol. The predicted molar refractivity (Wildman–Crippen MR) is 90.6 cm³/mol. The van der Waals surface area contributed by atoms with E-state index in [0.29, 0.717) is 5.56 Å². The number of carboxylic acid groups (broad SMARTS) is 1. The number of carboxylic acids is 1. The Morgan fingerprint density at radius 3 is 2.60 bits per heavy atom. The number of carbonyl (C=O) groups is 2. The highest BCUT2D eigenvalue weighted by Crippen LogP contribution is 2.27. The summed E-state index contributed by atoms with van der Waals surface area (Å²) in [5.41, 5.74) is 0.481. The molecule has 1 fully saturated rings. The van der Waals surface area contributed by atoms with Gasteiger partial charge in [-0.2, -0.15) is 0 Å². The zero-order valence-corrected chi connectivity index (χ0v) is 14.7. The fourth-order valence-corrected chi connectivity index (χ4v) is 3.23. The largest absolute Gasteiger partial charge is 0.495 e. The van der Waals surface area contributed by atoms with E-state index in [1.54, 1.807) is 6.07 Å². The lowest BCUT2D eigenvalue weighted by atomic mass is 10.2. The van der Waals surface area contributed by atoms with Gasteiger partial charge in [-0.25, -0.2) is 13.1 Å². The van der Waals surface area contributed by atoms with Gasteiger partial charge in [-0.1, -0.05) is 6.07 Å². The summed E-state index contributed by atoms with van der Waals surface area (Å²) in [6, 6.07) is 4.44. The van der Waals surface area contributed by atoms with Gasteiger partial charge < -0.3 is 14.7 Å². The molecule has 0 radical (unpaired) electrons. The Morgan fingerprint density at radius 2 is 2.08 bits per heavy atom. The molecule has 1 aromatic carbocycles. The van der Waals surface area contributed by atoms with Gasteiger partial charge in [0.1, 0.15) is 17.2 Å². The van der Waals surface area contributed by atoms with Crippen LogP contribution in [0.15, 0.2) is 29.2 Å². The average Bonchev–Trinajstić information content (AvgIpc) is 3.42. The lowest BCUT2D eigenvalue weighted by molar-refractivity contribution is -0.143. The summed E-state index contributed by atoms with van der Waals surface area (Å²) >= 11 is 0. The summed E-state index contributed by atoms with van der Waals surface area (Å²) < 4.78 is 31.4. The van der Waals surface area contributed by atoms with Gasteiger partial charge in [0.05, 0.1) is 7.11 Å². The van der Waals surface area contributed by atoms with Gasteiger partial charge in [0.15, 0.2) is 0 Å². The lowest BCUT2D eigenvalue weighted by Gasteiger charge is -2.18. The van der Waals surface area contributed by atoms with Crippen LogP contribution in [0.3, 0.4) is 0 Å².